The number of nitrogens with one attached hydrogen (secondary N) is 1. The SMILES string of the molecule is O=C(CCCc1cccnc1)NCCc1ccc2c(c1)OCO2. The van der Waals surface area contributed by atoms with Crippen LogP contribution in [0.5, 0.6) is 11.5 Å². The fraction of sp³-hybridized carbons (Fsp3) is 0.333. The van der Waals surface area contributed by atoms with E-state index < -0.39 is 0 Å². The highest BCUT2D eigenvalue weighted by molar-refractivity contribution is 5.75. The van der Waals surface area contributed by atoms with Gasteiger partial charge in [-0.15, -0.1) is 0 Å². The van der Waals surface area contributed by atoms with Crippen molar-refractivity contribution in [3.63, 3.8) is 0 Å². The molecule has 2 heterocycles. The number of amides is 1. The van der Waals surface area contributed by atoms with Gasteiger partial charge in [-0.3, -0.25) is 9.78 Å². The van der Waals surface area contributed by atoms with Gasteiger partial charge < -0.3 is 14.8 Å². The number of ether oxygens (including phenoxy) is 2. The normalized spacial score (nSPS) is 12.2. The van der Waals surface area contributed by atoms with Gasteiger partial charge in [-0.25, -0.2) is 0 Å². The minimum Gasteiger partial charge on any atom is -0.454 e. The molecule has 0 saturated heterocycles. The summed E-state index contributed by atoms with van der Waals surface area (Å²) in [6.07, 6.45) is 6.63. The molecule has 0 spiro atoms. The van der Waals surface area contributed by atoms with Gasteiger partial charge >= 0.3 is 0 Å². The Kier molecular flexibility index (Phi) is 5.09. The van der Waals surface area contributed by atoms with Gasteiger partial charge in [0.05, 0.1) is 0 Å². The molecular formula is C18H20N2O3. The van der Waals surface area contributed by atoms with Gasteiger partial charge in [0.25, 0.3) is 0 Å². The summed E-state index contributed by atoms with van der Waals surface area (Å²) in [5, 5.41) is 2.96. The number of rotatable bonds is 7. The Hall–Kier alpha value is -2.56. The van der Waals surface area contributed by atoms with Crippen molar-refractivity contribution in [3.05, 3.63) is 53.9 Å². The topological polar surface area (TPSA) is 60.5 Å². The first-order valence-corrected chi connectivity index (χ1v) is 7.85. The molecule has 23 heavy (non-hydrogen) atoms. The van der Waals surface area contributed by atoms with Crippen molar-refractivity contribution in [1.82, 2.24) is 10.3 Å². The number of hydrogen-bond donors (Lipinski definition) is 1. The number of nitrogens with zero attached hydrogens (tertiary/aromatic N) is 1. The van der Waals surface area contributed by atoms with Crippen LogP contribution in [-0.4, -0.2) is 24.2 Å². The lowest BCUT2D eigenvalue weighted by atomic mass is 10.1. The number of aromatic nitrogens is 1. The van der Waals surface area contributed by atoms with Gasteiger partial charge in [-0.1, -0.05) is 12.1 Å². The molecule has 0 radical (unpaired) electrons. The Morgan fingerprint density at radius 2 is 2.04 bits per heavy atom. The van der Waals surface area contributed by atoms with Gasteiger partial charge in [0.1, 0.15) is 0 Å². The van der Waals surface area contributed by atoms with Crippen LogP contribution in [0.25, 0.3) is 0 Å². The van der Waals surface area contributed by atoms with E-state index in [1.165, 1.54) is 5.56 Å². The van der Waals surface area contributed by atoms with E-state index in [-0.39, 0.29) is 12.7 Å². The highest BCUT2D eigenvalue weighted by Crippen LogP contribution is 2.32. The van der Waals surface area contributed by atoms with Crippen LogP contribution in [0.2, 0.25) is 0 Å². The summed E-state index contributed by atoms with van der Waals surface area (Å²) in [5.74, 6) is 1.66. The van der Waals surface area contributed by atoms with E-state index in [9.17, 15) is 4.79 Å². The highest BCUT2D eigenvalue weighted by atomic mass is 16.7. The van der Waals surface area contributed by atoms with Crippen molar-refractivity contribution in [1.29, 1.82) is 0 Å². The van der Waals surface area contributed by atoms with Gasteiger partial charge in [-0.05, 0) is 48.6 Å². The molecule has 5 nitrogen and oxygen atoms in total. The molecule has 3 rings (SSSR count). The van der Waals surface area contributed by atoms with Gasteiger partial charge in [0, 0.05) is 25.4 Å². The van der Waals surface area contributed by atoms with Gasteiger partial charge in [-0.2, -0.15) is 0 Å². The lowest BCUT2D eigenvalue weighted by molar-refractivity contribution is -0.121. The van der Waals surface area contributed by atoms with Crippen LogP contribution in [0.3, 0.4) is 0 Å². The van der Waals surface area contributed by atoms with Crippen LogP contribution in [0.1, 0.15) is 24.0 Å². The lowest BCUT2D eigenvalue weighted by Gasteiger charge is -2.06. The average molecular weight is 312 g/mol. The molecule has 2 aromatic rings. The maximum absolute atomic E-state index is 11.8. The number of carbonyl (C=O) groups excluding carboxylic acids is 1. The molecule has 0 saturated carbocycles. The fourth-order valence-electron chi connectivity index (χ4n) is 2.53. The monoisotopic (exact) mass is 312 g/mol. The number of hydrogen-bond acceptors (Lipinski definition) is 4. The first kappa shape index (κ1) is 15.3. The predicted octanol–water partition coefficient (Wildman–Crippen LogP) is 2.49. The fourth-order valence-corrected chi connectivity index (χ4v) is 2.53. The average Bonchev–Trinajstić information content (AvgIpc) is 3.03. The zero-order valence-electron chi connectivity index (χ0n) is 13.0. The van der Waals surface area contributed by atoms with Crippen molar-refractivity contribution in [2.45, 2.75) is 25.7 Å². The molecule has 1 amide bonds. The first-order chi connectivity index (χ1) is 11.3. The molecule has 0 unspecified atom stereocenters. The maximum Gasteiger partial charge on any atom is 0.231 e. The third kappa shape index (κ3) is 4.45. The highest BCUT2D eigenvalue weighted by Gasteiger charge is 2.13. The molecule has 0 aliphatic carbocycles. The molecule has 1 aromatic carbocycles. The molecule has 1 N–H and O–H groups in total. The first-order valence-electron chi connectivity index (χ1n) is 7.85. The van der Waals surface area contributed by atoms with Crippen molar-refractivity contribution in [2.24, 2.45) is 0 Å². The number of carbonyl (C=O) groups is 1. The Labute approximate surface area is 135 Å². The molecule has 5 heteroatoms. The van der Waals surface area contributed by atoms with Crippen LogP contribution in [0.15, 0.2) is 42.7 Å². The zero-order chi connectivity index (χ0) is 15.9. The summed E-state index contributed by atoms with van der Waals surface area (Å²) in [6.45, 7) is 0.915. The smallest absolute Gasteiger partial charge is 0.231 e. The number of fused-ring (bicyclic) bond motifs is 1. The molecule has 0 atom stereocenters. The molecule has 0 fully saturated rings. The maximum atomic E-state index is 11.8. The Balaban J connectivity index is 1.34. The molecule has 1 aromatic heterocycles. The van der Waals surface area contributed by atoms with Gasteiger partial charge in [0.2, 0.25) is 12.7 Å². The number of pyridine rings is 1. The summed E-state index contributed by atoms with van der Waals surface area (Å²) in [5.41, 5.74) is 2.30. The van der Waals surface area contributed by atoms with Crippen LogP contribution >= 0.6 is 0 Å². The van der Waals surface area contributed by atoms with Crippen molar-refractivity contribution >= 4 is 5.91 Å². The van der Waals surface area contributed by atoms with E-state index in [2.05, 4.69) is 10.3 Å². The second-order valence-corrected chi connectivity index (χ2v) is 5.50. The van der Waals surface area contributed by atoms with E-state index in [4.69, 9.17) is 9.47 Å². The Bertz CT molecular complexity index is 659. The van der Waals surface area contributed by atoms with Crippen LogP contribution in [0.4, 0.5) is 0 Å². The van der Waals surface area contributed by atoms with Crippen LogP contribution < -0.4 is 14.8 Å². The minimum atomic E-state index is 0.0923. The number of benzene rings is 1. The van der Waals surface area contributed by atoms with Crippen molar-refractivity contribution < 1.29 is 14.3 Å². The summed E-state index contributed by atoms with van der Waals surface area (Å²) in [6, 6.07) is 9.83. The van der Waals surface area contributed by atoms with E-state index in [1.54, 1.807) is 6.20 Å². The largest absolute Gasteiger partial charge is 0.454 e. The summed E-state index contributed by atoms with van der Waals surface area (Å²) in [4.78, 5) is 15.9. The minimum absolute atomic E-state index is 0.0923. The van der Waals surface area contributed by atoms with Gasteiger partial charge in [0.15, 0.2) is 11.5 Å². The van der Waals surface area contributed by atoms with E-state index in [0.29, 0.717) is 13.0 Å². The number of aryl methyl sites for hydroxylation is 1. The van der Waals surface area contributed by atoms with Crippen LogP contribution in [-0.2, 0) is 17.6 Å². The Morgan fingerprint density at radius 3 is 2.91 bits per heavy atom. The van der Waals surface area contributed by atoms with E-state index in [1.807, 2.05) is 36.5 Å². The second kappa shape index (κ2) is 7.63. The van der Waals surface area contributed by atoms with E-state index in [0.717, 1.165) is 36.3 Å². The summed E-state index contributed by atoms with van der Waals surface area (Å²) in [7, 11) is 0. The van der Waals surface area contributed by atoms with Crippen molar-refractivity contribution in [2.75, 3.05) is 13.3 Å². The second-order valence-electron chi connectivity index (χ2n) is 5.50. The molecule has 1 aliphatic heterocycles. The van der Waals surface area contributed by atoms with Crippen molar-refractivity contribution in [3.8, 4) is 11.5 Å². The summed E-state index contributed by atoms with van der Waals surface area (Å²) < 4.78 is 10.6. The zero-order valence-corrected chi connectivity index (χ0v) is 13.0. The summed E-state index contributed by atoms with van der Waals surface area (Å²) >= 11 is 0. The standard InChI is InChI=1S/C18H20N2O3/c21-18(5-1-3-15-4-2-9-19-12-15)20-10-8-14-6-7-16-17(11-14)23-13-22-16/h2,4,6-7,9,11-12H,1,3,5,8,10,13H2,(H,20,21). The van der Waals surface area contributed by atoms with Crippen LogP contribution in [0, 0.1) is 0 Å². The molecule has 120 valence electrons. The quantitative estimate of drug-likeness (QED) is 0.853. The molecular weight excluding hydrogens is 292 g/mol. The Morgan fingerprint density at radius 1 is 1.13 bits per heavy atom. The van der Waals surface area contributed by atoms with E-state index >= 15 is 0 Å². The predicted molar refractivity (Wildman–Crippen MR) is 86.5 cm³/mol. The molecule has 0 bridgehead atoms. The lowest BCUT2D eigenvalue weighted by Crippen LogP contribution is -2.25. The molecule has 1 aliphatic rings. The third-order valence-electron chi connectivity index (χ3n) is 3.76. The third-order valence-corrected chi connectivity index (χ3v) is 3.76.